The van der Waals surface area contributed by atoms with Crippen molar-refractivity contribution in [1.82, 2.24) is 5.32 Å². The van der Waals surface area contributed by atoms with Crippen LogP contribution in [0.3, 0.4) is 0 Å². The molecular formula is C22H29NO3. The minimum absolute atomic E-state index is 0.0258. The molecule has 0 aromatic rings. The highest BCUT2D eigenvalue weighted by atomic mass is 16.4. The van der Waals surface area contributed by atoms with E-state index in [4.69, 9.17) is 0 Å². The Morgan fingerprint density at radius 1 is 0.885 bits per heavy atom. The van der Waals surface area contributed by atoms with E-state index in [9.17, 15) is 14.7 Å². The van der Waals surface area contributed by atoms with Crippen LogP contribution in [0.5, 0.6) is 0 Å². The van der Waals surface area contributed by atoms with Gasteiger partial charge < -0.3 is 10.4 Å². The van der Waals surface area contributed by atoms with E-state index < -0.39 is 11.9 Å². The minimum atomic E-state index is -0.773. The first-order valence-corrected chi connectivity index (χ1v) is 10.7. The lowest BCUT2D eigenvalue weighted by Crippen LogP contribution is -2.54. The van der Waals surface area contributed by atoms with Crippen molar-refractivity contribution in [3.8, 4) is 0 Å². The molecule has 6 fully saturated rings. The SMILES string of the molecule is O=C(O)[C@@H]1[C@@H]2C=C[C@@H]([C@H]3C[C@@H]23)[C@H]1C(=O)NCC12CC3CC(CC(C3)C1)C2. The van der Waals surface area contributed by atoms with Gasteiger partial charge in [-0.05, 0) is 91.8 Å². The fraction of sp³-hybridized carbons (Fsp3) is 0.818. The number of carboxylic acid groups (broad SMARTS) is 1. The molecule has 6 bridgehead atoms. The molecule has 8 aliphatic carbocycles. The second-order valence-corrected chi connectivity index (χ2v) is 10.6. The zero-order valence-corrected chi connectivity index (χ0v) is 15.3. The number of amides is 1. The van der Waals surface area contributed by atoms with Crippen LogP contribution < -0.4 is 5.32 Å². The average Bonchev–Trinajstić information content (AvgIpc) is 3.40. The Morgan fingerprint density at radius 2 is 1.42 bits per heavy atom. The average molecular weight is 355 g/mol. The lowest BCUT2D eigenvalue weighted by atomic mass is 9.49. The van der Waals surface area contributed by atoms with Crippen molar-refractivity contribution in [2.75, 3.05) is 6.54 Å². The molecule has 0 spiro atoms. The topological polar surface area (TPSA) is 66.4 Å². The summed E-state index contributed by atoms with van der Waals surface area (Å²) in [5, 5.41) is 13.1. The van der Waals surface area contributed by atoms with Gasteiger partial charge in [0.25, 0.3) is 0 Å². The molecule has 8 rings (SSSR count). The molecule has 6 saturated carbocycles. The van der Waals surface area contributed by atoms with E-state index >= 15 is 0 Å². The van der Waals surface area contributed by atoms with Crippen LogP contribution >= 0.6 is 0 Å². The molecule has 6 atom stereocenters. The molecule has 26 heavy (non-hydrogen) atoms. The summed E-state index contributed by atoms with van der Waals surface area (Å²) in [4.78, 5) is 25.1. The van der Waals surface area contributed by atoms with Crippen LogP contribution in [0.2, 0.25) is 0 Å². The summed E-state index contributed by atoms with van der Waals surface area (Å²) in [6.45, 7) is 0.785. The van der Waals surface area contributed by atoms with Crippen LogP contribution in [0.15, 0.2) is 12.2 Å². The van der Waals surface area contributed by atoms with Crippen LogP contribution in [-0.4, -0.2) is 23.5 Å². The summed E-state index contributed by atoms with van der Waals surface area (Å²) in [6.07, 6.45) is 13.4. The van der Waals surface area contributed by atoms with E-state index in [-0.39, 0.29) is 23.7 Å². The number of fused-ring (bicyclic) bond motifs is 1. The van der Waals surface area contributed by atoms with Crippen molar-refractivity contribution in [2.24, 2.45) is 58.7 Å². The number of hydrogen-bond acceptors (Lipinski definition) is 2. The van der Waals surface area contributed by atoms with E-state index in [0.29, 0.717) is 17.3 Å². The predicted octanol–water partition coefficient (Wildman–Crippen LogP) is 3.09. The first-order valence-electron chi connectivity index (χ1n) is 10.7. The van der Waals surface area contributed by atoms with Gasteiger partial charge in [0, 0.05) is 6.54 Å². The molecule has 0 saturated heterocycles. The minimum Gasteiger partial charge on any atom is -0.481 e. The van der Waals surface area contributed by atoms with Gasteiger partial charge in [0.05, 0.1) is 11.8 Å². The van der Waals surface area contributed by atoms with Crippen molar-refractivity contribution < 1.29 is 14.7 Å². The molecule has 0 unspecified atom stereocenters. The Hall–Kier alpha value is -1.32. The number of carbonyl (C=O) groups excluding carboxylic acids is 1. The monoisotopic (exact) mass is 355 g/mol. The van der Waals surface area contributed by atoms with E-state index in [2.05, 4.69) is 17.5 Å². The van der Waals surface area contributed by atoms with Gasteiger partial charge in [0.15, 0.2) is 0 Å². The molecule has 0 heterocycles. The first kappa shape index (κ1) is 15.7. The van der Waals surface area contributed by atoms with Crippen LogP contribution in [-0.2, 0) is 9.59 Å². The van der Waals surface area contributed by atoms with E-state index in [1.54, 1.807) is 0 Å². The molecule has 0 aliphatic heterocycles. The summed E-state index contributed by atoms with van der Waals surface area (Å²) in [7, 11) is 0. The lowest BCUT2D eigenvalue weighted by Gasteiger charge is -2.57. The molecule has 8 aliphatic rings. The smallest absolute Gasteiger partial charge is 0.307 e. The summed E-state index contributed by atoms with van der Waals surface area (Å²) in [5.41, 5.74) is 0.314. The highest BCUT2D eigenvalue weighted by Crippen LogP contribution is 2.64. The maximum Gasteiger partial charge on any atom is 0.307 e. The molecule has 0 aromatic heterocycles. The molecule has 4 nitrogen and oxygen atoms in total. The summed E-state index contributed by atoms with van der Waals surface area (Å²) in [6, 6.07) is 0. The summed E-state index contributed by atoms with van der Waals surface area (Å²) >= 11 is 0. The number of carboxylic acids is 1. The zero-order chi connectivity index (χ0) is 17.6. The molecule has 140 valence electrons. The molecule has 1 amide bonds. The van der Waals surface area contributed by atoms with Crippen LogP contribution in [0, 0.1) is 58.7 Å². The van der Waals surface area contributed by atoms with E-state index in [1.165, 1.54) is 38.5 Å². The molecule has 0 radical (unpaired) electrons. The second-order valence-electron chi connectivity index (χ2n) is 10.6. The number of rotatable bonds is 4. The van der Waals surface area contributed by atoms with Crippen molar-refractivity contribution in [3.05, 3.63) is 12.2 Å². The normalized spacial score (nSPS) is 54.8. The van der Waals surface area contributed by atoms with Gasteiger partial charge >= 0.3 is 5.97 Å². The largest absolute Gasteiger partial charge is 0.481 e. The van der Waals surface area contributed by atoms with Gasteiger partial charge in [-0.2, -0.15) is 0 Å². The van der Waals surface area contributed by atoms with Crippen molar-refractivity contribution >= 4 is 11.9 Å². The molecule has 2 N–H and O–H groups in total. The van der Waals surface area contributed by atoms with Gasteiger partial charge in [0.2, 0.25) is 5.91 Å². The Balaban J connectivity index is 1.19. The highest BCUT2D eigenvalue weighted by Gasteiger charge is 2.63. The third kappa shape index (κ3) is 2.13. The van der Waals surface area contributed by atoms with Crippen molar-refractivity contribution in [2.45, 2.75) is 44.9 Å². The highest BCUT2D eigenvalue weighted by molar-refractivity contribution is 5.86. The fourth-order valence-corrected chi connectivity index (χ4v) is 8.47. The third-order valence-electron chi connectivity index (χ3n) is 9.04. The molecule has 0 aromatic carbocycles. The number of carbonyl (C=O) groups is 2. The van der Waals surface area contributed by atoms with E-state index in [1.807, 2.05) is 0 Å². The van der Waals surface area contributed by atoms with Crippen molar-refractivity contribution in [1.29, 1.82) is 0 Å². The number of aliphatic carboxylic acids is 1. The Kier molecular flexibility index (Phi) is 3.11. The number of allylic oxidation sites excluding steroid dienone is 2. The van der Waals surface area contributed by atoms with Gasteiger partial charge in [-0.25, -0.2) is 0 Å². The maximum absolute atomic E-state index is 13.2. The Morgan fingerprint density at radius 3 is 1.96 bits per heavy atom. The number of hydrogen-bond donors (Lipinski definition) is 2. The van der Waals surface area contributed by atoms with Crippen LogP contribution in [0.25, 0.3) is 0 Å². The first-order chi connectivity index (χ1) is 12.5. The standard InChI is InChI=1S/C22H29NO3/c24-20(18-14-1-2-15(17-6-16(14)17)19(18)21(25)26)23-10-22-7-11-3-12(8-22)5-13(4-11)9-22/h1-2,11-19H,3-10H2,(H,23,24)(H,25,26)/t11?,12?,13?,14-,15+,16+,17-,18+,19+,22?/m0/s1. The van der Waals surface area contributed by atoms with Gasteiger partial charge in [-0.1, -0.05) is 12.2 Å². The maximum atomic E-state index is 13.2. The summed E-state index contributed by atoms with van der Waals surface area (Å²) < 4.78 is 0. The Labute approximate surface area is 154 Å². The van der Waals surface area contributed by atoms with Gasteiger partial charge in [0.1, 0.15) is 0 Å². The predicted molar refractivity (Wildman–Crippen MR) is 95.9 cm³/mol. The fourth-order valence-electron chi connectivity index (χ4n) is 8.47. The molecule has 4 heteroatoms. The summed E-state index contributed by atoms with van der Waals surface area (Å²) in [5.74, 6) is 2.37. The van der Waals surface area contributed by atoms with Crippen LogP contribution in [0.4, 0.5) is 0 Å². The zero-order valence-electron chi connectivity index (χ0n) is 15.3. The van der Waals surface area contributed by atoms with E-state index in [0.717, 1.165) is 30.7 Å². The van der Waals surface area contributed by atoms with Crippen LogP contribution in [0.1, 0.15) is 44.9 Å². The Bertz CT molecular complexity index is 662. The molecular weight excluding hydrogens is 326 g/mol. The second kappa shape index (κ2) is 5.14. The van der Waals surface area contributed by atoms with Gasteiger partial charge in [-0.15, -0.1) is 0 Å². The lowest BCUT2D eigenvalue weighted by molar-refractivity contribution is -0.153. The third-order valence-corrected chi connectivity index (χ3v) is 9.04. The van der Waals surface area contributed by atoms with Crippen molar-refractivity contribution in [3.63, 3.8) is 0 Å². The quantitative estimate of drug-likeness (QED) is 0.762. The van der Waals surface area contributed by atoms with Gasteiger partial charge in [-0.3, -0.25) is 9.59 Å². The number of nitrogens with one attached hydrogen (secondary N) is 1.